The van der Waals surface area contributed by atoms with E-state index in [-0.39, 0.29) is 16.9 Å². The molecule has 3 rings (SSSR count). The quantitative estimate of drug-likeness (QED) is 0.712. The minimum Gasteiger partial charge on any atom is -0.363 e. The van der Waals surface area contributed by atoms with Crippen LogP contribution in [0.5, 0.6) is 0 Å². The standard InChI is InChI=1S/C20H19Cl2N3O2S/c1-12(28-20-23-9-10-24-20)19(27)25(2)17-8-7-13(21)11-15(17)18(26)14-5-3-4-6-16(14)22/h3-8,11-12H,9-10H2,1-2H3,(H,23,24). The fourth-order valence-electron chi connectivity index (χ4n) is 2.84. The minimum absolute atomic E-state index is 0.142. The van der Waals surface area contributed by atoms with Gasteiger partial charge in [0.1, 0.15) is 0 Å². The molecule has 0 saturated heterocycles. The summed E-state index contributed by atoms with van der Waals surface area (Å²) < 4.78 is 0. The molecule has 1 atom stereocenters. The summed E-state index contributed by atoms with van der Waals surface area (Å²) in [7, 11) is 1.65. The Kier molecular flexibility index (Phi) is 6.65. The summed E-state index contributed by atoms with van der Waals surface area (Å²) in [6.07, 6.45) is 0. The molecule has 2 aromatic rings. The number of hydrogen-bond donors (Lipinski definition) is 1. The predicted molar refractivity (Wildman–Crippen MR) is 117 cm³/mol. The number of nitrogens with one attached hydrogen (secondary N) is 1. The number of amidine groups is 1. The molecule has 0 bridgehead atoms. The number of rotatable bonds is 5. The number of benzene rings is 2. The van der Waals surface area contributed by atoms with E-state index in [1.165, 1.54) is 16.7 Å². The fraction of sp³-hybridized carbons (Fsp3) is 0.250. The zero-order valence-electron chi connectivity index (χ0n) is 15.4. The zero-order valence-corrected chi connectivity index (χ0v) is 17.7. The maximum absolute atomic E-state index is 13.1. The van der Waals surface area contributed by atoms with Gasteiger partial charge < -0.3 is 10.2 Å². The van der Waals surface area contributed by atoms with Gasteiger partial charge >= 0.3 is 0 Å². The number of halogens is 2. The molecule has 28 heavy (non-hydrogen) atoms. The van der Waals surface area contributed by atoms with Gasteiger partial charge in [0.15, 0.2) is 11.0 Å². The second-order valence-corrected chi connectivity index (χ2v) is 8.41. The third-order valence-corrected chi connectivity index (χ3v) is 5.91. The first-order valence-corrected chi connectivity index (χ1v) is 10.3. The van der Waals surface area contributed by atoms with Gasteiger partial charge in [-0.05, 0) is 37.3 Å². The molecule has 0 fully saturated rings. The lowest BCUT2D eigenvalue weighted by Gasteiger charge is -2.23. The van der Waals surface area contributed by atoms with Crippen LogP contribution in [0.3, 0.4) is 0 Å². The minimum atomic E-state index is -0.367. The molecule has 2 aromatic carbocycles. The van der Waals surface area contributed by atoms with Crippen LogP contribution in [0.1, 0.15) is 22.8 Å². The van der Waals surface area contributed by atoms with E-state index in [0.717, 1.165) is 11.7 Å². The highest BCUT2D eigenvalue weighted by Gasteiger charge is 2.26. The normalized spacial score (nSPS) is 14.2. The first-order chi connectivity index (χ1) is 13.4. The average molecular weight is 436 g/mol. The van der Waals surface area contributed by atoms with Gasteiger partial charge in [-0.3, -0.25) is 14.6 Å². The summed E-state index contributed by atoms with van der Waals surface area (Å²) in [6, 6.07) is 11.7. The van der Waals surface area contributed by atoms with Crippen molar-refractivity contribution in [2.45, 2.75) is 12.2 Å². The maximum atomic E-state index is 13.1. The van der Waals surface area contributed by atoms with Gasteiger partial charge in [-0.1, -0.05) is 47.1 Å². The molecule has 0 aliphatic carbocycles. The number of carbonyl (C=O) groups excluding carboxylic acids is 2. The SMILES string of the molecule is CC(SC1=NCCN1)C(=O)N(C)c1ccc(Cl)cc1C(=O)c1ccccc1Cl. The van der Waals surface area contributed by atoms with Gasteiger partial charge in [0.05, 0.1) is 22.5 Å². The molecule has 5 nitrogen and oxygen atoms in total. The van der Waals surface area contributed by atoms with E-state index in [2.05, 4.69) is 10.3 Å². The number of aliphatic imine (C=N–C) groups is 1. The molecule has 0 saturated carbocycles. The van der Waals surface area contributed by atoms with Crippen molar-refractivity contribution in [3.8, 4) is 0 Å². The molecule has 1 aliphatic heterocycles. The Balaban J connectivity index is 1.90. The van der Waals surface area contributed by atoms with Crippen molar-refractivity contribution >= 4 is 57.5 Å². The van der Waals surface area contributed by atoms with E-state index in [0.29, 0.717) is 33.4 Å². The summed E-state index contributed by atoms with van der Waals surface area (Å²) >= 11 is 13.7. The Labute approximate surface area is 178 Å². The van der Waals surface area contributed by atoms with Crippen molar-refractivity contribution in [2.75, 3.05) is 25.0 Å². The summed E-state index contributed by atoms with van der Waals surface area (Å²) in [5.74, 6) is -0.429. The van der Waals surface area contributed by atoms with E-state index in [1.54, 1.807) is 49.5 Å². The Hall–Kier alpha value is -2.02. The number of ketones is 1. The molecule has 0 aromatic heterocycles. The topological polar surface area (TPSA) is 61.8 Å². The number of nitrogens with zero attached hydrogens (tertiary/aromatic N) is 2. The Bertz CT molecular complexity index is 949. The number of thioether (sulfide) groups is 1. The predicted octanol–water partition coefficient (Wildman–Crippen LogP) is 4.27. The van der Waals surface area contributed by atoms with Crippen LogP contribution in [0, 0.1) is 0 Å². The Morgan fingerprint density at radius 3 is 2.61 bits per heavy atom. The lowest BCUT2D eigenvalue weighted by molar-refractivity contribution is -0.117. The van der Waals surface area contributed by atoms with Crippen LogP contribution in [0.15, 0.2) is 47.5 Å². The molecular weight excluding hydrogens is 417 g/mol. The maximum Gasteiger partial charge on any atom is 0.240 e. The van der Waals surface area contributed by atoms with Crippen LogP contribution in [0.25, 0.3) is 0 Å². The fourth-order valence-corrected chi connectivity index (χ4v) is 4.18. The van der Waals surface area contributed by atoms with Crippen LogP contribution >= 0.6 is 35.0 Å². The van der Waals surface area contributed by atoms with E-state index in [1.807, 2.05) is 6.92 Å². The van der Waals surface area contributed by atoms with E-state index in [4.69, 9.17) is 23.2 Å². The van der Waals surface area contributed by atoms with Crippen LogP contribution in [-0.2, 0) is 4.79 Å². The van der Waals surface area contributed by atoms with Gasteiger partial charge in [-0.2, -0.15) is 0 Å². The Morgan fingerprint density at radius 1 is 1.18 bits per heavy atom. The zero-order chi connectivity index (χ0) is 20.3. The molecule has 146 valence electrons. The van der Waals surface area contributed by atoms with Crippen molar-refractivity contribution in [3.05, 3.63) is 63.6 Å². The van der Waals surface area contributed by atoms with Gasteiger partial charge in [-0.25, -0.2) is 0 Å². The van der Waals surface area contributed by atoms with Crippen LogP contribution < -0.4 is 10.2 Å². The monoisotopic (exact) mass is 435 g/mol. The second kappa shape index (κ2) is 8.99. The van der Waals surface area contributed by atoms with Gasteiger partial charge in [0.2, 0.25) is 5.91 Å². The smallest absolute Gasteiger partial charge is 0.240 e. The highest BCUT2D eigenvalue weighted by molar-refractivity contribution is 8.14. The molecule has 1 amide bonds. The van der Waals surface area contributed by atoms with Gasteiger partial charge in [0.25, 0.3) is 0 Å². The highest BCUT2D eigenvalue weighted by Crippen LogP contribution is 2.30. The number of anilines is 1. The summed E-state index contributed by atoms with van der Waals surface area (Å²) in [4.78, 5) is 31.8. The van der Waals surface area contributed by atoms with Crippen LogP contribution in [0.2, 0.25) is 10.0 Å². The third-order valence-electron chi connectivity index (χ3n) is 4.29. The average Bonchev–Trinajstić information content (AvgIpc) is 3.19. The van der Waals surface area contributed by atoms with Gasteiger partial charge in [0, 0.05) is 29.7 Å². The first-order valence-electron chi connectivity index (χ1n) is 8.70. The molecule has 1 unspecified atom stereocenters. The first kappa shape index (κ1) is 20.7. The largest absolute Gasteiger partial charge is 0.363 e. The molecule has 8 heteroatoms. The van der Waals surface area contributed by atoms with E-state index >= 15 is 0 Å². The molecular formula is C20H19Cl2N3O2S. The van der Waals surface area contributed by atoms with Crippen molar-refractivity contribution in [1.29, 1.82) is 0 Å². The van der Waals surface area contributed by atoms with E-state index < -0.39 is 0 Å². The van der Waals surface area contributed by atoms with Crippen LogP contribution in [-0.4, -0.2) is 42.2 Å². The Morgan fingerprint density at radius 2 is 1.93 bits per heavy atom. The van der Waals surface area contributed by atoms with Crippen molar-refractivity contribution in [3.63, 3.8) is 0 Å². The van der Waals surface area contributed by atoms with E-state index in [9.17, 15) is 9.59 Å². The molecule has 0 radical (unpaired) electrons. The van der Waals surface area contributed by atoms with Gasteiger partial charge in [-0.15, -0.1) is 0 Å². The molecule has 0 spiro atoms. The molecule has 1 heterocycles. The van der Waals surface area contributed by atoms with Crippen LogP contribution in [0.4, 0.5) is 5.69 Å². The van der Waals surface area contributed by atoms with Crippen molar-refractivity contribution in [2.24, 2.45) is 4.99 Å². The summed E-state index contributed by atoms with van der Waals surface area (Å²) in [5, 5.41) is 4.29. The highest BCUT2D eigenvalue weighted by atomic mass is 35.5. The number of hydrogen-bond acceptors (Lipinski definition) is 5. The number of amides is 1. The summed E-state index contributed by atoms with van der Waals surface area (Å²) in [5.41, 5.74) is 1.17. The number of carbonyl (C=O) groups is 2. The lowest BCUT2D eigenvalue weighted by Crippen LogP contribution is -2.35. The second-order valence-electron chi connectivity index (χ2n) is 6.24. The summed E-state index contributed by atoms with van der Waals surface area (Å²) in [6.45, 7) is 3.32. The van der Waals surface area contributed by atoms with Crippen molar-refractivity contribution < 1.29 is 9.59 Å². The third kappa shape index (κ3) is 4.51. The molecule has 1 N–H and O–H groups in total. The lowest BCUT2D eigenvalue weighted by atomic mass is 10.0. The van der Waals surface area contributed by atoms with Crippen molar-refractivity contribution in [1.82, 2.24) is 5.32 Å². The molecule has 1 aliphatic rings.